The zero-order chi connectivity index (χ0) is 24.2. The molecule has 33 heavy (non-hydrogen) atoms. The Labute approximate surface area is 201 Å². The van der Waals surface area contributed by atoms with Crippen LogP contribution in [0, 0.1) is 50.2 Å². The number of hydrogen-bond donors (Lipinski definition) is 2. The molecule has 3 nitrogen and oxygen atoms in total. The van der Waals surface area contributed by atoms with E-state index in [1.165, 1.54) is 5.57 Å². The van der Waals surface area contributed by atoms with Gasteiger partial charge in [0.2, 0.25) is 0 Å². The minimum absolute atomic E-state index is 0.00596. The van der Waals surface area contributed by atoms with E-state index in [0.717, 1.165) is 51.4 Å². The number of aliphatic hydroxyl groups excluding tert-OH is 2. The fourth-order valence-corrected chi connectivity index (χ4v) is 10.5. The lowest BCUT2D eigenvalue weighted by Crippen LogP contribution is -2.66. The van der Waals surface area contributed by atoms with Crippen molar-refractivity contribution in [3.63, 3.8) is 0 Å². The predicted molar refractivity (Wildman–Crippen MR) is 133 cm³/mol. The van der Waals surface area contributed by atoms with Gasteiger partial charge in [0.15, 0.2) is 0 Å². The molecule has 0 aromatic heterocycles. The Bertz CT molecular complexity index is 885. The normalized spacial score (nSPS) is 52.6. The van der Waals surface area contributed by atoms with E-state index in [4.69, 9.17) is 0 Å². The third-order valence-corrected chi connectivity index (χ3v) is 12.9. The minimum Gasteiger partial charge on any atom is -0.395 e. The predicted octanol–water partition coefficient (Wildman–Crippen LogP) is 6.32. The molecule has 2 N–H and O–H groups in total. The molecule has 186 valence electrons. The monoisotopic (exact) mass is 456 g/mol. The first-order chi connectivity index (χ1) is 15.2. The van der Waals surface area contributed by atoms with E-state index < -0.39 is 5.41 Å². The zero-order valence-electron chi connectivity index (χ0n) is 22.3. The van der Waals surface area contributed by atoms with Gasteiger partial charge in [0.25, 0.3) is 0 Å². The molecular weight excluding hydrogens is 408 g/mol. The molecule has 0 amide bonds. The van der Waals surface area contributed by atoms with Crippen LogP contribution in [0.4, 0.5) is 0 Å². The summed E-state index contributed by atoms with van der Waals surface area (Å²) in [5.41, 5.74) is 1.27. The Hall–Kier alpha value is -0.670. The standard InChI is InChI=1S/C30H48O3/c1-25(2)14-15-30(18-31)20(16-25)19-8-9-22-27(5)12-11-23(32)26(3,4)21(27)10-13-28(22,6)29(19,7)17-24(30)33/h8,20-23,31-32H,9-18H2,1-7H3/t20-,21-,22+,23-,27-,28+,29+,30+/m0/s1. The molecule has 4 saturated carbocycles. The van der Waals surface area contributed by atoms with Gasteiger partial charge in [-0.2, -0.15) is 0 Å². The Morgan fingerprint density at radius 2 is 1.64 bits per heavy atom. The highest BCUT2D eigenvalue weighted by Crippen LogP contribution is 2.75. The molecule has 8 atom stereocenters. The van der Waals surface area contributed by atoms with Gasteiger partial charge in [-0.3, -0.25) is 4.79 Å². The molecule has 0 bridgehead atoms. The first-order valence-corrected chi connectivity index (χ1v) is 13.7. The van der Waals surface area contributed by atoms with E-state index in [9.17, 15) is 15.0 Å². The van der Waals surface area contributed by atoms with Gasteiger partial charge in [-0.15, -0.1) is 0 Å². The average Bonchev–Trinajstić information content (AvgIpc) is 2.71. The third-order valence-electron chi connectivity index (χ3n) is 12.9. The second-order valence-electron chi connectivity index (χ2n) is 15.0. The maximum atomic E-state index is 14.0. The molecular formula is C30H48O3. The van der Waals surface area contributed by atoms with Crippen molar-refractivity contribution in [2.75, 3.05) is 6.61 Å². The van der Waals surface area contributed by atoms with Crippen molar-refractivity contribution < 1.29 is 15.0 Å². The molecule has 0 spiro atoms. The molecule has 5 aliphatic carbocycles. The molecule has 0 aromatic rings. The van der Waals surface area contributed by atoms with Crippen LogP contribution < -0.4 is 0 Å². The molecule has 4 fully saturated rings. The molecule has 5 rings (SSSR count). The molecule has 0 saturated heterocycles. The number of aliphatic hydroxyl groups is 2. The van der Waals surface area contributed by atoms with Crippen LogP contribution in [0.15, 0.2) is 11.6 Å². The molecule has 0 radical (unpaired) electrons. The molecule has 0 unspecified atom stereocenters. The maximum absolute atomic E-state index is 14.0. The van der Waals surface area contributed by atoms with Gasteiger partial charge in [-0.25, -0.2) is 0 Å². The average molecular weight is 457 g/mol. The van der Waals surface area contributed by atoms with Crippen LogP contribution >= 0.6 is 0 Å². The van der Waals surface area contributed by atoms with Crippen molar-refractivity contribution in [3.05, 3.63) is 11.6 Å². The second-order valence-corrected chi connectivity index (χ2v) is 15.0. The highest BCUT2D eigenvalue weighted by atomic mass is 16.3. The minimum atomic E-state index is -0.553. The van der Waals surface area contributed by atoms with Gasteiger partial charge in [0.05, 0.1) is 18.1 Å². The van der Waals surface area contributed by atoms with Gasteiger partial charge in [-0.1, -0.05) is 60.1 Å². The van der Waals surface area contributed by atoms with Crippen molar-refractivity contribution in [2.45, 2.75) is 112 Å². The molecule has 0 aromatic carbocycles. The van der Waals surface area contributed by atoms with Crippen LogP contribution in [-0.4, -0.2) is 28.7 Å². The van der Waals surface area contributed by atoms with E-state index in [0.29, 0.717) is 24.0 Å². The number of hydrogen-bond acceptors (Lipinski definition) is 3. The maximum Gasteiger partial charge on any atom is 0.142 e. The van der Waals surface area contributed by atoms with Crippen LogP contribution in [0.25, 0.3) is 0 Å². The van der Waals surface area contributed by atoms with E-state index in [1.807, 2.05) is 0 Å². The molecule has 5 aliphatic rings. The van der Waals surface area contributed by atoms with Crippen molar-refractivity contribution in [1.29, 1.82) is 0 Å². The molecule has 0 heterocycles. The number of fused-ring (bicyclic) bond motifs is 7. The summed E-state index contributed by atoms with van der Waals surface area (Å²) < 4.78 is 0. The van der Waals surface area contributed by atoms with Crippen molar-refractivity contribution in [1.82, 2.24) is 0 Å². The summed E-state index contributed by atoms with van der Waals surface area (Å²) in [5, 5.41) is 21.5. The van der Waals surface area contributed by atoms with Crippen LogP contribution in [-0.2, 0) is 4.79 Å². The second kappa shape index (κ2) is 6.96. The van der Waals surface area contributed by atoms with Gasteiger partial charge in [0.1, 0.15) is 5.78 Å². The van der Waals surface area contributed by atoms with Gasteiger partial charge in [-0.05, 0) is 90.8 Å². The summed E-state index contributed by atoms with van der Waals surface area (Å²) in [7, 11) is 0. The van der Waals surface area contributed by atoms with E-state index >= 15 is 0 Å². The lowest BCUT2D eigenvalue weighted by atomic mass is 9.33. The SMILES string of the molecule is CC1(C)CC[C@]2(CO)C(=O)C[C@]3(C)C(=CC[C@@H]4[C@@]5(C)CC[C@H](O)C(C)(C)[C@@H]5CC[C@]43C)[C@@H]2C1. The van der Waals surface area contributed by atoms with Crippen molar-refractivity contribution in [3.8, 4) is 0 Å². The number of ketones is 1. The van der Waals surface area contributed by atoms with Crippen LogP contribution in [0.5, 0.6) is 0 Å². The Kier molecular flexibility index (Phi) is 5.07. The lowest BCUT2D eigenvalue weighted by molar-refractivity contribution is -0.204. The number of rotatable bonds is 1. The molecule has 3 heteroatoms. The van der Waals surface area contributed by atoms with Crippen molar-refractivity contribution in [2.24, 2.45) is 50.2 Å². The summed E-state index contributed by atoms with van der Waals surface area (Å²) in [6.45, 7) is 16.7. The summed E-state index contributed by atoms with van der Waals surface area (Å²) in [4.78, 5) is 14.0. The van der Waals surface area contributed by atoms with E-state index in [-0.39, 0.29) is 45.7 Å². The van der Waals surface area contributed by atoms with E-state index in [2.05, 4.69) is 54.5 Å². The lowest BCUT2D eigenvalue weighted by Gasteiger charge is -2.71. The van der Waals surface area contributed by atoms with Crippen LogP contribution in [0.2, 0.25) is 0 Å². The number of Topliss-reactive ketones (excluding diaryl/α,β-unsaturated/α-hetero) is 1. The number of carbonyl (C=O) groups excluding carboxylic acids is 1. The Morgan fingerprint density at radius 1 is 0.939 bits per heavy atom. The van der Waals surface area contributed by atoms with Crippen molar-refractivity contribution >= 4 is 5.78 Å². The summed E-state index contributed by atoms with van der Waals surface area (Å²) in [6, 6.07) is 0. The fourth-order valence-electron chi connectivity index (χ4n) is 10.5. The zero-order valence-corrected chi connectivity index (χ0v) is 22.3. The first kappa shape index (κ1) is 24.0. The summed E-state index contributed by atoms with van der Waals surface area (Å²) >= 11 is 0. The largest absolute Gasteiger partial charge is 0.395 e. The first-order valence-electron chi connectivity index (χ1n) is 13.7. The summed E-state index contributed by atoms with van der Waals surface area (Å²) in [6.07, 6.45) is 11.2. The third kappa shape index (κ3) is 2.85. The van der Waals surface area contributed by atoms with Crippen LogP contribution in [0.1, 0.15) is 106 Å². The quantitative estimate of drug-likeness (QED) is 0.454. The van der Waals surface area contributed by atoms with Gasteiger partial charge >= 0.3 is 0 Å². The molecule has 0 aliphatic heterocycles. The summed E-state index contributed by atoms with van der Waals surface area (Å²) in [5.74, 6) is 1.58. The van der Waals surface area contributed by atoms with Gasteiger partial charge in [0, 0.05) is 11.8 Å². The smallest absolute Gasteiger partial charge is 0.142 e. The van der Waals surface area contributed by atoms with Crippen LogP contribution in [0.3, 0.4) is 0 Å². The number of carbonyl (C=O) groups is 1. The number of allylic oxidation sites excluding steroid dienone is 2. The highest BCUT2D eigenvalue weighted by molar-refractivity contribution is 5.89. The highest BCUT2D eigenvalue weighted by Gasteiger charge is 2.69. The van der Waals surface area contributed by atoms with E-state index in [1.54, 1.807) is 0 Å². The Morgan fingerprint density at radius 3 is 2.30 bits per heavy atom. The fraction of sp³-hybridized carbons (Fsp3) is 0.900. The van der Waals surface area contributed by atoms with Gasteiger partial charge < -0.3 is 10.2 Å². The topological polar surface area (TPSA) is 57.5 Å². The Balaban J connectivity index is 1.62.